The lowest BCUT2D eigenvalue weighted by molar-refractivity contribution is -0.0498. The van der Waals surface area contributed by atoms with Crippen LogP contribution >= 0.6 is 0 Å². The van der Waals surface area contributed by atoms with Crippen molar-refractivity contribution in [3.63, 3.8) is 0 Å². The molecule has 3 nitrogen and oxygen atoms in total. The second-order valence-electron chi connectivity index (χ2n) is 5.08. The summed E-state index contributed by atoms with van der Waals surface area (Å²) in [6.45, 7) is -1.10. The predicted molar refractivity (Wildman–Crippen MR) is 73.0 cm³/mol. The van der Waals surface area contributed by atoms with Gasteiger partial charge in [-0.3, -0.25) is 0 Å². The van der Waals surface area contributed by atoms with Gasteiger partial charge in [-0.1, -0.05) is 12.1 Å². The quantitative estimate of drug-likeness (QED) is 0.869. The van der Waals surface area contributed by atoms with E-state index in [1.54, 1.807) is 12.1 Å². The van der Waals surface area contributed by atoms with E-state index in [0.717, 1.165) is 38.0 Å². The molecular formula is C15H21F2NO2. The molecule has 1 N–H and O–H groups in total. The Kier molecular flexibility index (Phi) is 5.73. The second kappa shape index (κ2) is 7.55. The number of hydrogen-bond acceptors (Lipinski definition) is 3. The van der Waals surface area contributed by atoms with Gasteiger partial charge >= 0.3 is 6.61 Å². The summed E-state index contributed by atoms with van der Waals surface area (Å²) in [5, 5.41) is 3.30. The van der Waals surface area contributed by atoms with Gasteiger partial charge in [0, 0.05) is 19.3 Å². The Bertz CT molecular complexity index is 391. The molecule has 0 spiro atoms. The van der Waals surface area contributed by atoms with Gasteiger partial charge in [-0.2, -0.15) is 8.78 Å². The zero-order valence-electron chi connectivity index (χ0n) is 11.6. The third-order valence-corrected chi connectivity index (χ3v) is 3.77. The summed E-state index contributed by atoms with van der Waals surface area (Å²) in [7, 11) is 1.92. The van der Waals surface area contributed by atoms with Crippen LogP contribution in [0.15, 0.2) is 24.3 Å². The van der Waals surface area contributed by atoms with Crippen LogP contribution in [0.25, 0.3) is 0 Å². The smallest absolute Gasteiger partial charge is 0.387 e. The van der Waals surface area contributed by atoms with Crippen LogP contribution in [0.3, 0.4) is 0 Å². The van der Waals surface area contributed by atoms with Crippen LogP contribution in [0.4, 0.5) is 8.78 Å². The van der Waals surface area contributed by atoms with Crippen molar-refractivity contribution < 1.29 is 18.3 Å². The number of hydrogen-bond donors (Lipinski definition) is 1. The highest BCUT2D eigenvalue weighted by Gasteiger charge is 2.19. The Hall–Kier alpha value is -1.20. The summed E-state index contributed by atoms with van der Waals surface area (Å²) in [6, 6.07) is 7.11. The van der Waals surface area contributed by atoms with Crippen LogP contribution < -0.4 is 10.1 Å². The minimum absolute atomic E-state index is 0.199. The van der Waals surface area contributed by atoms with Crippen LogP contribution in [-0.2, 0) is 4.74 Å². The summed E-state index contributed by atoms with van der Waals surface area (Å²) >= 11 is 0. The number of benzene rings is 1. The van der Waals surface area contributed by atoms with E-state index in [1.807, 2.05) is 19.2 Å². The number of alkyl halides is 2. The molecule has 0 radical (unpaired) electrons. The van der Waals surface area contributed by atoms with Gasteiger partial charge in [0.1, 0.15) is 5.75 Å². The zero-order valence-corrected chi connectivity index (χ0v) is 11.6. The largest absolute Gasteiger partial charge is 0.435 e. The summed E-state index contributed by atoms with van der Waals surface area (Å²) in [4.78, 5) is 0. The van der Waals surface area contributed by atoms with Crippen molar-refractivity contribution in [2.24, 2.45) is 5.92 Å². The molecule has 1 aromatic carbocycles. The third kappa shape index (κ3) is 4.42. The Morgan fingerprint density at radius 2 is 1.90 bits per heavy atom. The molecule has 1 unspecified atom stereocenters. The molecule has 1 heterocycles. The number of nitrogens with one attached hydrogen (secondary N) is 1. The van der Waals surface area contributed by atoms with Crippen molar-refractivity contribution in [1.82, 2.24) is 5.32 Å². The molecule has 1 aliphatic rings. The first-order valence-electron chi connectivity index (χ1n) is 6.99. The molecule has 20 heavy (non-hydrogen) atoms. The first kappa shape index (κ1) is 15.2. The first-order valence-corrected chi connectivity index (χ1v) is 6.99. The molecule has 1 atom stereocenters. The fourth-order valence-electron chi connectivity index (χ4n) is 2.62. The van der Waals surface area contributed by atoms with E-state index in [-0.39, 0.29) is 11.8 Å². The van der Waals surface area contributed by atoms with Crippen LogP contribution in [0, 0.1) is 5.92 Å². The molecule has 5 heteroatoms. The summed E-state index contributed by atoms with van der Waals surface area (Å²) < 4.78 is 33.9. The van der Waals surface area contributed by atoms with Crippen molar-refractivity contribution in [3.8, 4) is 5.75 Å². The lowest BCUT2D eigenvalue weighted by atomic mass is 9.89. The number of rotatable bonds is 6. The molecule has 2 rings (SSSR count). The SMILES string of the molecule is CNC(CC1CCOCC1)c1ccc(OC(F)F)cc1. The van der Waals surface area contributed by atoms with Crippen molar-refractivity contribution in [2.45, 2.75) is 31.9 Å². The van der Waals surface area contributed by atoms with E-state index < -0.39 is 6.61 Å². The second-order valence-corrected chi connectivity index (χ2v) is 5.08. The summed E-state index contributed by atoms with van der Waals surface area (Å²) in [5.41, 5.74) is 1.10. The van der Waals surface area contributed by atoms with E-state index in [0.29, 0.717) is 5.92 Å². The highest BCUT2D eigenvalue weighted by Crippen LogP contribution is 2.28. The van der Waals surface area contributed by atoms with Gasteiger partial charge in [0.2, 0.25) is 0 Å². The molecule has 112 valence electrons. The fourth-order valence-corrected chi connectivity index (χ4v) is 2.62. The fraction of sp³-hybridized carbons (Fsp3) is 0.600. The van der Waals surface area contributed by atoms with Crippen LogP contribution in [-0.4, -0.2) is 26.9 Å². The average Bonchev–Trinajstić information content (AvgIpc) is 2.46. The molecule has 0 amide bonds. The van der Waals surface area contributed by atoms with Gasteiger partial charge < -0.3 is 14.8 Å². The minimum Gasteiger partial charge on any atom is -0.435 e. The Balaban J connectivity index is 1.95. The zero-order chi connectivity index (χ0) is 14.4. The maximum atomic E-state index is 12.1. The predicted octanol–water partition coefficient (Wildman–Crippen LogP) is 3.37. The molecule has 0 saturated carbocycles. The van der Waals surface area contributed by atoms with Crippen molar-refractivity contribution >= 4 is 0 Å². The molecule has 0 aromatic heterocycles. The molecule has 1 saturated heterocycles. The lowest BCUT2D eigenvalue weighted by Crippen LogP contribution is -2.23. The monoisotopic (exact) mass is 285 g/mol. The Labute approximate surface area is 118 Å². The first-order chi connectivity index (χ1) is 9.69. The summed E-state index contributed by atoms with van der Waals surface area (Å²) in [5.74, 6) is 0.850. The molecular weight excluding hydrogens is 264 g/mol. The molecule has 1 fully saturated rings. The Morgan fingerprint density at radius 1 is 1.25 bits per heavy atom. The Morgan fingerprint density at radius 3 is 2.45 bits per heavy atom. The normalized spacial score (nSPS) is 18.2. The number of ether oxygens (including phenoxy) is 2. The van der Waals surface area contributed by atoms with E-state index in [2.05, 4.69) is 10.1 Å². The van der Waals surface area contributed by atoms with Gasteiger partial charge in [0.05, 0.1) is 0 Å². The van der Waals surface area contributed by atoms with Crippen molar-refractivity contribution in [2.75, 3.05) is 20.3 Å². The maximum absolute atomic E-state index is 12.1. The molecule has 1 aliphatic heterocycles. The van der Waals surface area contributed by atoms with Crippen LogP contribution in [0.2, 0.25) is 0 Å². The van der Waals surface area contributed by atoms with Crippen molar-refractivity contribution in [3.05, 3.63) is 29.8 Å². The standard InChI is InChI=1S/C15H21F2NO2/c1-18-14(10-11-6-8-19-9-7-11)12-2-4-13(5-3-12)20-15(16)17/h2-5,11,14-15,18H,6-10H2,1H3. The molecule has 1 aromatic rings. The van der Waals surface area contributed by atoms with Gasteiger partial charge in [0.25, 0.3) is 0 Å². The highest BCUT2D eigenvalue weighted by atomic mass is 19.3. The van der Waals surface area contributed by atoms with E-state index in [1.165, 1.54) is 0 Å². The van der Waals surface area contributed by atoms with E-state index in [9.17, 15) is 8.78 Å². The number of halogens is 2. The maximum Gasteiger partial charge on any atom is 0.387 e. The lowest BCUT2D eigenvalue weighted by Gasteiger charge is -2.26. The van der Waals surface area contributed by atoms with Gasteiger partial charge in [0.15, 0.2) is 0 Å². The minimum atomic E-state index is -2.77. The van der Waals surface area contributed by atoms with Crippen molar-refractivity contribution in [1.29, 1.82) is 0 Å². The van der Waals surface area contributed by atoms with Crippen LogP contribution in [0.1, 0.15) is 30.9 Å². The topological polar surface area (TPSA) is 30.5 Å². The molecule has 0 aliphatic carbocycles. The highest BCUT2D eigenvalue weighted by molar-refractivity contribution is 5.29. The van der Waals surface area contributed by atoms with Crippen LogP contribution in [0.5, 0.6) is 5.75 Å². The van der Waals surface area contributed by atoms with E-state index >= 15 is 0 Å². The average molecular weight is 285 g/mol. The van der Waals surface area contributed by atoms with E-state index in [4.69, 9.17) is 4.74 Å². The van der Waals surface area contributed by atoms with Gasteiger partial charge in [-0.05, 0) is 49.9 Å². The molecule has 0 bridgehead atoms. The van der Waals surface area contributed by atoms with Gasteiger partial charge in [-0.15, -0.1) is 0 Å². The van der Waals surface area contributed by atoms with Gasteiger partial charge in [-0.25, -0.2) is 0 Å². The summed E-state index contributed by atoms with van der Waals surface area (Å²) in [6.07, 6.45) is 3.21. The third-order valence-electron chi connectivity index (χ3n) is 3.77.